The van der Waals surface area contributed by atoms with Crippen molar-refractivity contribution in [1.29, 1.82) is 0 Å². The van der Waals surface area contributed by atoms with Crippen LogP contribution in [-0.2, 0) is 31.2 Å². The molecule has 0 bridgehead atoms. The molecule has 0 radical (unpaired) electrons. The fourth-order valence-corrected chi connectivity index (χ4v) is 6.75. The number of unbranched alkanes of at least 4 members (excludes halogenated alkanes) is 4. The molecule has 250 valence electrons. The maximum absolute atomic E-state index is 15.8. The molecule has 0 spiro atoms. The second-order valence-electron chi connectivity index (χ2n) is 12.1. The van der Waals surface area contributed by atoms with Crippen LogP contribution in [0.3, 0.4) is 0 Å². The van der Waals surface area contributed by atoms with E-state index in [1.165, 1.54) is 6.07 Å². The highest BCUT2D eigenvalue weighted by molar-refractivity contribution is 7.19. The molecule has 3 aromatic rings. The second kappa shape index (κ2) is 18.3. The number of ether oxygens (including phenoxy) is 5. The zero-order valence-corrected chi connectivity index (χ0v) is 28.5. The summed E-state index contributed by atoms with van der Waals surface area (Å²) in [4.78, 5) is 1.04. The predicted octanol–water partition coefficient (Wildman–Crippen LogP) is 8.93. The SMILES string of the molecule is CCCCOC[C@@H]1C[C@H](OCCCC)[C@@H](OCCCC)C(O)(c2cc(Cc3cc4ccccc4s3)c(F)cc2OCCCC)O1. The Morgan fingerprint density at radius 2 is 1.58 bits per heavy atom. The lowest BCUT2D eigenvalue weighted by Crippen LogP contribution is -2.58. The summed E-state index contributed by atoms with van der Waals surface area (Å²) in [5, 5.41) is 13.9. The van der Waals surface area contributed by atoms with E-state index < -0.39 is 24.1 Å². The van der Waals surface area contributed by atoms with Crippen LogP contribution in [0.25, 0.3) is 10.1 Å². The van der Waals surface area contributed by atoms with Gasteiger partial charge >= 0.3 is 0 Å². The van der Waals surface area contributed by atoms with Crippen LogP contribution >= 0.6 is 11.3 Å². The van der Waals surface area contributed by atoms with Gasteiger partial charge in [-0.2, -0.15) is 0 Å². The van der Waals surface area contributed by atoms with E-state index >= 15 is 4.39 Å². The van der Waals surface area contributed by atoms with Crippen molar-refractivity contribution in [3.05, 3.63) is 64.3 Å². The quantitative estimate of drug-likeness (QED) is 0.124. The molecule has 0 saturated carbocycles. The lowest BCUT2D eigenvalue weighted by Gasteiger charge is -2.47. The van der Waals surface area contributed by atoms with E-state index in [0.29, 0.717) is 57.0 Å². The average molecular weight is 645 g/mol. The number of fused-ring (bicyclic) bond motifs is 1. The summed E-state index contributed by atoms with van der Waals surface area (Å²) in [6.45, 7) is 10.8. The van der Waals surface area contributed by atoms with Gasteiger partial charge in [-0.05, 0) is 54.8 Å². The summed E-state index contributed by atoms with van der Waals surface area (Å²) in [6, 6.07) is 13.4. The molecule has 8 heteroatoms. The molecule has 0 amide bonds. The third-order valence-electron chi connectivity index (χ3n) is 8.27. The molecular weight excluding hydrogens is 591 g/mol. The summed E-state index contributed by atoms with van der Waals surface area (Å²) in [5.41, 5.74) is 0.841. The van der Waals surface area contributed by atoms with E-state index in [4.69, 9.17) is 23.7 Å². The van der Waals surface area contributed by atoms with Gasteiger partial charge in [0.25, 0.3) is 0 Å². The molecule has 1 aliphatic rings. The normalized spacial score (nSPS) is 21.9. The van der Waals surface area contributed by atoms with Crippen LogP contribution < -0.4 is 4.74 Å². The molecule has 4 rings (SSSR count). The monoisotopic (exact) mass is 644 g/mol. The second-order valence-corrected chi connectivity index (χ2v) is 13.2. The van der Waals surface area contributed by atoms with Crippen LogP contribution in [0.2, 0.25) is 0 Å². The highest BCUT2D eigenvalue weighted by Gasteiger charge is 2.53. The molecule has 45 heavy (non-hydrogen) atoms. The maximum atomic E-state index is 15.8. The molecule has 1 saturated heterocycles. The zero-order chi connectivity index (χ0) is 32.1. The van der Waals surface area contributed by atoms with Crippen LogP contribution in [0.4, 0.5) is 4.39 Å². The Morgan fingerprint density at radius 1 is 0.889 bits per heavy atom. The van der Waals surface area contributed by atoms with Crippen molar-refractivity contribution in [2.45, 2.75) is 116 Å². The van der Waals surface area contributed by atoms with Gasteiger partial charge in [0.15, 0.2) is 0 Å². The molecule has 1 N–H and O–H groups in total. The molecule has 2 aromatic carbocycles. The van der Waals surface area contributed by atoms with E-state index in [0.717, 1.165) is 66.3 Å². The van der Waals surface area contributed by atoms with E-state index in [2.05, 4.69) is 45.9 Å². The lowest BCUT2D eigenvalue weighted by molar-refractivity contribution is -0.348. The summed E-state index contributed by atoms with van der Waals surface area (Å²) >= 11 is 1.65. The highest BCUT2D eigenvalue weighted by Crippen LogP contribution is 2.44. The molecule has 0 aliphatic carbocycles. The van der Waals surface area contributed by atoms with Crippen LogP contribution in [0, 0.1) is 5.82 Å². The number of benzene rings is 2. The minimum atomic E-state index is -1.94. The first-order valence-corrected chi connectivity index (χ1v) is 17.9. The van der Waals surface area contributed by atoms with Crippen molar-refractivity contribution in [2.24, 2.45) is 0 Å². The first-order chi connectivity index (χ1) is 21.9. The van der Waals surface area contributed by atoms with Gasteiger partial charge in [0.2, 0.25) is 5.79 Å². The van der Waals surface area contributed by atoms with Gasteiger partial charge < -0.3 is 28.8 Å². The number of rotatable bonds is 20. The number of aliphatic hydroxyl groups is 1. The molecule has 1 aliphatic heterocycles. The van der Waals surface area contributed by atoms with E-state index in [1.54, 1.807) is 17.4 Å². The lowest BCUT2D eigenvalue weighted by atomic mass is 9.87. The predicted molar refractivity (Wildman–Crippen MR) is 180 cm³/mol. The van der Waals surface area contributed by atoms with Gasteiger partial charge in [0, 0.05) is 48.3 Å². The third kappa shape index (κ3) is 9.72. The van der Waals surface area contributed by atoms with Crippen LogP contribution in [0.1, 0.15) is 101 Å². The minimum absolute atomic E-state index is 0.271. The summed E-state index contributed by atoms with van der Waals surface area (Å²) < 4.78 is 48.6. The standard InChI is InChI=1S/C37H53FO6S/c1-5-9-17-40-26-29-24-34(42-19-11-7-3)36(43-20-12-8-4)37(39,44-29)31-23-28(32(38)25-33(31)41-18-10-6-2)22-30-21-27-15-13-14-16-35(27)45-30/h13-16,21,23,25,29,34,36,39H,5-12,17-20,22,24,26H2,1-4H3/t29-,34-,36+,37?/m0/s1. The average Bonchev–Trinajstić information content (AvgIpc) is 3.44. The fourth-order valence-electron chi connectivity index (χ4n) is 5.67. The van der Waals surface area contributed by atoms with Crippen LogP contribution in [0.5, 0.6) is 5.75 Å². The van der Waals surface area contributed by atoms with E-state index in [9.17, 15) is 5.11 Å². The highest BCUT2D eigenvalue weighted by atomic mass is 32.1. The number of halogens is 1. The van der Waals surface area contributed by atoms with Crippen molar-refractivity contribution >= 4 is 21.4 Å². The number of hydrogen-bond donors (Lipinski definition) is 1. The van der Waals surface area contributed by atoms with Crippen molar-refractivity contribution < 1.29 is 33.2 Å². The summed E-state index contributed by atoms with van der Waals surface area (Å²) in [7, 11) is 0. The van der Waals surface area contributed by atoms with Crippen molar-refractivity contribution in [3.8, 4) is 5.75 Å². The molecule has 6 nitrogen and oxygen atoms in total. The van der Waals surface area contributed by atoms with E-state index in [1.807, 2.05) is 12.1 Å². The Balaban J connectivity index is 1.76. The molecule has 1 fully saturated rings. The first-order valence-electron chi connectivity index (χ1n) is 17.1. The Morgan fingerprint density at radius 3 is 2.31 bits per heavy atom. The zero-order valence-electron chi connectivity index (χ0n) is 27.7. The maximum Gasteiger partial charge on any atom is 0.226 e. The topological polar surface area (TPSA) is 66.4 Å². The summed E-state index contributed by atoms with van der Waals surface area (Å²) in [6.07, 6.45) is 6.57. The Hall–Kier alpha value is -2.07. The molecule has 1 aromatic heterocycles. The first kappa shape index (κ1) is 35.8. The third-order valence-corrected chi connectivity index (χ3v) is 9.38. The van der Waals surface area contributed by atoms with Crippen molar-refractivity contribution in [2.75, 3.05) is 33.0 Å². The largest absolute Gasteiger partial charge is 0.493 e. The van der Waals surface area contributed by atoms with Gasteiger partial charge in [-0.3, -0.25) is 0 Å². The van der Waals surface area contributed by atoms with Crippen LogP contribution in [-0.4, -0.2) is 56.5 Å². The minimum Gasteiger partial charge on any atom is -0.493 e. The molecular formula is C37H53FO6S. The molecule has 4 atom stereocenters. The molecule has 2 heterocycles. The van der Waals surface area contributed by atoms with Gasteiger partial charge in [-0.25, -0.2) is 4.39 Å². The van der Waals surface area contributed by atoms with Gasteiger partial charge in [-0.1, -0.05) is 71.6 Å². The number of hydrogen-bond acceptors (Lipinski definition) is 7. The van der Waals surface area contributed by atoms with E-state index in [-0.39, 0.29) is 11.6 Å². The fraction of sp³-hybridized carbons (Fsp3) is 0.622. The van der Waals surface area contributed by atoms with Gasteiger partial charge in [0.05, 0.1) is 31.0 Å². The van der Waals surface area contributed by atoms with Crippen molar-refractivity contribution in [1.82, 2.24) is 0 Å². The van der Waals surface area contributed by atoms with Gasteiger partial charge in [-0.15, -0.1) is 11.3 Å². The van der Waals surface area contributed by atoms with Gasteiger partial charge in [0.1, 0.15) is 17.7 Å². The molecule has 1 unspecified atom stereocenters. The number of thiophene rings is 1. The van der Waals surface area contributed by atoms with Crippen LogP contribution in [0.15, 0.2) is 42.5 Å². The Bertz CT molecular complexity index is 1260. The smallest absolute Gasteiger partial charge is 0.226 e. The Labute approximate surface area is 273 Å². The Kier molecular flexibility index (Phi) is 14.6. The van der Waals surface area contributed by atoms with Crippen molar-refractivity contribution in [3.63, 3.8) is 0 Å². The summed E-state index contributed by atoms with van der Waals surface area (Å²) in [5.74, 6) is -2.04.